The van der Waals surface area contributed by atoms with Gasteiger partial charge in [-0.05, 0) is 63.6 Å². The number of halogens is 2. The molecule has 1 N–H and O–H groups in total. The van der Waals surface area contributed by atoms with Crippen LogP contribution in [0, 0.1) is 5.82 Å². The number of hydrogen-bond acceptors (Lipinski definition) is 4. The Hall–Kier alpha value is -3.43. The fourth-order valence-electron chi connectivity index (χ4n) is 3.73. The largest absolute Gasteiger partial charge is 0.350 e. The number of rotatable bonds is 9. The first-order valence-corrected chi connectivity index (χ1v) is 13.8. The minimum Gasteiger partial charge on any atom is -0.350 e. The van der Waals surface area contributed by atoms with Gasteiger partial charge in [-0.25, -0.2) is 12.8 Å². The van der Waals surface area contributed by atoms with Crippen LogP contribution in [0.15, 0.2) is 83.8 Å². The van der Waals surface area contributed by atoms with Gasteiger partial charge in [-0.1, -0.05) is 60.1 Å². The zero-order valence-electron chi connectivity index (χ0n) is 21.7. The van der Waals surface area contributed by atoms with Gasteiger partial charge in [0.05, 0.1) is 15.6 Å². The Morgan fingerprint density at radius 1 is 0.974 bits per heavy atom. The average Bonchev–Trinajstić information content (AvgIpc) is 2.87. The SMILES string of the molecule is C[C@@H](C(=O)NC(C)(C)C)N(Cc1ccccc1)C(=O)CN(c1ccc(F)c(Cl)c1)S(=O)(=O)c1ccccc1. The van der Waals surface area contributed by atoms with Crippen molar-refractivity contribution in [3.63, 3.8) is 0 Å². The molecule has 0 aliphatic heterocycles. The number of nitrogens with one attached hydrogen (secondary N) is 1. The molecule has 3 aromatic carbocycles. The van der Waals surface area contributed by atoms with Crippen LogP contribution in [0.4, 0.5) is 10.1 Å². The van der Waals surface area contributed by atoms with Gasteiger partial charge >= 0.3 is 0 Å². The van der Waals surface area contributed by atoms with Crippen LogP contribution in [0.5, 0.6) is 0 Å². The second kappa shape index (κ2) is 12.0. The Bertz CT molecular complexity index is 1380. The lowest BCUT2D eigenvalue weighted by molar-refractivity contribution is -0.140. The molecule has 0 unspecified atom stereocenters. The van der Waals surface area contributed by atoms with Gasteiger partial charge < -0.3 is 10.2 Å². The van der Waals surface area contributed by atoms with Crippen molar-refractivity contribution in [3.05, 3.63) is 95.3 Å². The van der Waals surface area contributed by atoms with Crippen LogP contribution >= 0.6 is 11.6 Å². The van der Waals surface area contributed by atoms with Crippen LogP contribution in [0.3, 0.4) is 0 Å². The van der Waals surface area contributed by atoms with Gasteiger partial charge in [0.25, 0.3) is 10.0 Å². The van der Waals surface area contributed by atoms with E-state index in [1.165, 1.54) is 23.1 Å². The lowest BCUT2D eigenvalue weighted by Gasteiger charge is -2.33. The third-order valence-corrected chi connectivity index (χ3v) is 7.74. The molecule has 3 rings (SSSR count). The van der Waals surface area contributed by atoms with Crippen LogP contribution < -0.4 is 9.62 Å². The van der Waals surface area contributed by atoms with Crippen molar-refractivity contribution >= 4 is 39.1 Å². The molecule has 0 aliphatic rings. The molecule has 38 heavy (non-hydrogen) atoms. The molecule has 2 amide bonds. The highest BCUT2D eigenvalue weighted by Gasteiger charge is 2.33. The maximum Gasteiger partial charge on any atom is 0.264 e. The van der Waals surface area contributed by atoms with E-state index in [0.717, 1.165) is 22.0 Å². The zero-order valence-corrected chi connectivity index (χ0v) is 23.3. The van der Waals surface area contributed by atoms with Gasteiger partial charge in [0, 0.05) is 12.1 Å². The Balaban J connectivity index is 2.04. The lowest BCUT2D eigenvalue weighted by atomic mass is 10.1. The molecule has 0 saturated carbocycles. The Morgan fingerprint density at radius 3 is 2.11 bits per heavy atom. The van der Waals surface area contributed by atoms with Crippen molar-refractivity contribution in [2.24, 2.45) is 0 Å². The molecule has 0 fully saturated rings. The van der Waals surface area contributed by atoms with E-state index in [-0.39, 0.29) is 28.1 Å². The summed E-state index contributed by atoms with van der Waals surface area (Å²) < 4.78 is 42.2. The summed E-state index contributed by atoms with van der Waals surface area (Å²) in [6.07, 6.45) is 0. The van der Waals surface area contributed by atoms with Crippen molar-refractivity contribution in [1.82, 2.24) is 10.2 Å². The van der Waals surface area contributed by atoms with E-state index < -0.39 is 39.9 Å². The Labute approximate surface area is 228 Å². The van der Waals surface area contributed by atoms with Gasteiger partial charge in [-0.15, -0.1) is 0 Å². The molecule has 0 bridgehead atoms. The molecule has 0 spiro atoms. The molecule has 3 aromatic rings. The summed E-state index contributed by atoms with van der Waals surface area (Å²) in [5, 5.41) is 2.58. The van der Waals surface area contributed by atoms with Gasteiger partial charge in [0.15, 0.2) is 0 Å². The van der Waals surface area contributed by atoms with Crippen molar-refractivity contribution < 1.29 is 22.4 Å². The zero-order chi connectivity index (χ0) is 28.1. The van der Waals surface area contributed by atoms with Crippen molar-refractivity contribution in [3.8, 4) is 0 Å². The number of anilines is 1. The van der Waals surface area contributed by atoms with Crippen LogP contribution in [0.25, 0.3) is 0 Å². The molecule has 0 saturated heterocycles. The van der Waals surface area contributed by atoms with E-state index in [2.05, 4.69) is 5.32 Å². The third-order valence-electron chi connectivity index (χ3n) is 5.66. The first kappa shape index (κ1) is 29.1. The summed E-state index contributed by atoms with van der Waals surface area (Å²) in [5.74, 6) is -1.73. The quantitative estimate of drug-likeness (QED) is 0.399. The summed E-state index contributed by atoms with van der Waals surface area (Å²) in [6, 6.07) is 19.2. The first-order valence-electron chi connectivity index (χ1n) is 12.0. The average molecular weight is 560 g/mol. The number of amides is 2. The van der Waals surface area contributed by atoms with Crippen molar-refractivity contribution in [2.75, 3.05) is 10.8 Å². The standard InChI is InChI=1S/C28H31ClFN3O4S/c1-20(27(35)31-28(2,3)4)32(18-21-11-7-5-8-12-21)26(34)19-33(22-15-16-25(30)24(29)17-22)38(36,37)23-13-9-6-10-14-23/h5-17,20H,18-19H2,1-4H3,(H,31,35)/t20-/m0/s1. The van der Waals surface area contributed by atoms with Crippen LogP contribution in [-0.2, 0) is 26.2 Å². The number of carbonyl (C=O) groups is 2. The van der Waals surface area contributed by atoms with Gasteiger partial charge in [-0.3, -0.25) is 13.9 Å². The fourth-order valence-corrected chi connectivity index (χ4v) is 5.33. The second-order valence-electron chi connectivity index (χ2n) is 9.85. The van der Waals surface area contributed by atoms with Gasteiger partial charge in [0.1, 0.15) is 18.4 Å². The highest BCUT2D eigenvalue weighted by Crippen LogP contribution is 2.28. The molecule has 10 heteroatoms. The number of nitrogens with zero attached hydrogens (tertiary/aromatic N) is 2. The predicted molar refractivity (Wildman–Crippen MR) is 147 cm³/mol. The smallest absolute Gasteiger partial charge is 0.264 e. The second-order valence-corrected chi connectivity index (χ2v) is 12.1. The summed E-state index contributed by atoms with van der Waals surface area (Å²) in [4.78, 5) is 28.1. The number of sulfonamides is 1. The van der Waals surface area contributed by atoms with Gasteiger partial charge in [0.2, 0.25) is 11.8 Å². The minimum atomic E-state index is -4.26. The molecule has 0 heterocycles. The molecule has 0 radical (unpaired) electrons. The van der Waals surface area contributed by atoms with E-state index in [1.807, 2.05) is 51.1 Å². The van der Waals surface area contributed by atoms with Crippen LogP contribution in [0.2, 0.25) is 5.02 Å². The number of hydrogen-bond donors (Lipinski definition) is 1. The first-order chi connectivity index (χ1) is 17.8. The minimum absolute atomic E-state index is 0.0139. The van der Waals surface area contributed by atoms with Gasteiger partial charge in [-0.2, -0.15) is 0 Å². The van der Waals surface area contributed by atoms with E-state index in [4.69, 9.17) is 11.6 Å². The lowest BCUT2D eigenvalue weighted by Crippen LogP contribution is -2.54. The molecule has 0 aliphatic carbocycles. The van der Waals surface area contributed by atoms with Crippen molar-refractivity contribution in [2.45, 2.75) is 50.7 Å². The summed E-state index contributed by atoms with van der Waals surface area (Å²) >= 11 is 5.97. The predicted octanol–water partition coefficient (Wildman–Crippen LogP) is 5.01. The van der Waals surface area contributed by atoms with E-state index in [1.54, 1.807) is 25.1 Å². The van der Waals surface area contributed by atoms with E-state index in [0.29, 0.717) is 0 Å². The molecular weight excluding hydrogens is 529 g/mol. The summed E-state index contributed by atoms with van der Waals surface area (Å²) in [7, 11) is -4.26. The maximum absolute atomic E-state index is 13.9. The van der Waals surface area contributed by atoms with E-state index in [9.17, 15) is 22.4 Å². The van der Waals surface area contributed by atoms with E-state index >= 15 is 0 Å². The summed E-state index contributed by atoms with van der Waals surface area (Å²) in [5.41, 5.74) is 0.235. The monoisotopic (exact) mass is 559 g/mol. The van der Waals surface area contributed by atoms with Crippen LogP contribution in [-0.4, -0.2) is 43.3 Å². The molecule has 202 valence electrons. The number of carbonyl (C=O) groups excluding carboxylic acids is 2. The molecule has 0 aromatic heterocycles. The highest BCUT2D eigenvalue weighted by atomic mass is 35.5. The van der Waals surface area contributed by atoms with Crippen LogP contribution in [0.1, 0.15) is 33.3 Å². The topological polar surface area (TPSA) is 86.8 Å². The maximum atomic E-state index is 13.9. The molecule has 1 atom stereocenters. The van der Waals surface area contributed by atoms with Crippen molar-refractivity contribution in [1.29, 1.82) is 0 Å². The normalized spacial score (nSPS) is 12.5. The highest BCUT2D eigenvalue weighted by molar-refractivity contribution is 7.92. The fraction of sp³-hybridized carbons (Fsp3) is 0.286. The molecule has 7 nitrogen and oxygen atoms in total. The Morgan fingerprint density at radius 2 is 1.55 bits per heavy atom. The molecular formula is C28H31ClFN3O4S. The number of benzene rings is 3. The third kappa shape index (κ3) is 7.33. The Kier molecular flexibility index (Phi) is 9.17. The summed E-state index contributed by atoms with van der Waals surface area (Å²) in [6.45, 7) is 6.50.